The fourth-order valence-corrected chi connectivity index (χ4v) is 2.53. The summed E-state index contributed by atoms with van der Waals surface area (Å²) in [5, 5.41) is 13.0. The van der Waals surface area contributed by atoms with E-state index in [0.717, 1.165) is 23.3 Å². The lowest BCUT2D eigenvalue weighted by atomic mass is 9.90. The summed E-state index contributed by atoms with van der Waals surface area (Å²) in [6.45, 7) is 0. The van der Waals surface area contributed by atoms with Gasteiger partial charge >= 0.3 is 0 Å². The summed E-state index contributed by atoms with van der Waals surface area (Å²) < 4.78 is 1.76. The highest BCUT2D eigenvalue weighted by Crippen LogP contribution is 2.26. The van der Waals surface area contributed by atoms with Crippen molar-refractivity contribution in [1.82, 2.24) is 9.78 Å². The molecule has 0 amide bonds. The van der Waals surface area contributed by atoms with Crippen LogP contribution in [0.4, 0.5) is 0 Å². The Morgan fingerprint density at radius 1 is 1.40 bits per heavy atom. The van der Waals surface area contributed by atoms with E-state index < -0.39 is 0 Å². The van der Waals surface area contributed by atoms with E-state index in [4.69, 9.17) is 5.26 Å². The summed E-state index contributed by atoms with van der Waals surface area (Å²) in [4.78, 5) is 12.4. The lowest BCUT2D eigenvalue weighted by Crippen LogP contribution is -2.14. The summed E-state index contributed by atoms with van der Waals surface area (Å²) >= 11 is 0. The van der Waals surface area contributed by atoms with Gasteiger partial charge in [-0.05, 0) is 36.6 Å². The van der Waals surface area contributed by atoms with Crippen LogP contribution in [0.25, 0.3) is 6.08 Å². The molecule has 2 aromatic rings. The molecule has 0 radical (unpaired) electrons. The number of carbonyl (C=O) groups excluding carboxylic acids is 1. The zero-order valence-electron chi connectivity index (χ0n) is 11.1. The number of hydrogen-bond acceptors (Lipinski definition) is 3. The van der Waals surface area contributed by atoms with Crippen LogP contribution in [-0.4, -0.2) is 15.6 Å². The molecule has 0 saturated carbocycles. The number of Topliss-reactive ketones (excluding diaryl/α,β-unsaturated/α-hetero) is 1. The molecular formula is C16H13N3O. The minimum absolute atomic E-state index is 0.0433. The highest BCUT2D eigenvalue weighted by atomic mass is 16.1. The molecular weight excluding hydrogens is 250 g/mol. The normalized spacial score (nSPS) is 16.0. The quantitative estimate of drug-likeness (QED) is 0.743. The molecule has 1 aliphatic rings. The van der Waals surface area contributed by atoms with Gasteiger partial charge in [-0.25, -0.2) is 0 Å². The minimum Gasteiger partial charge on any atom is -0.289 e. The number of hydrogen-bond donors (Lipinski definition) is 0. The van der Waals surface area contributed by atoms with Crippen LogP contribution in [0.3, 0.4) is 0 Å². The monoisotopic (exact) mass is 263 g/mol. The summed E-state index contributed by atoms with van der Waals surface area (Å²) in [7, 11) is 1.86. The maximum absolute atomic E-state index is 12.4. The largest absolute Gasteiger partial charge is 0.289 e. The lowest BCUT2D eigenvalue weighted by Gasteiger charge is -2.14. The maximum Gasteiger partial charge on any atom is 0.192 e. The number of rotatable bonds is 1. The van der Waals surface area contributed by atoms with Crippen molar-refractivity contribution >= 4 is 11.9 Å². The second kappa shape index (κ2) is 4.78. The molecule has 0 spiro atoms. The molecule has 1 aromatic carbocycles. The van der Waals surface area contributed by atoms with Crippen LogP contribution in [0.2, 0.25) is 0 Å². The van der Waals surface area contributed by atoms with Crippen molar-refractivity contribution in [2.45, 2.75) is 12.8 Å². The Morgan fingerprint density at radius 3 is 3.05 bits per heavy atom. The third kappa shape index (κ3) is 2.04. The average molecular weight is 263 g/mol. The summed E-state index contributed by atoms with van der Waals surface area (Å²) in [6, 6.07) is 9.38. The van der Waals surface area contributed by atoms with Gasteiger partial charge in [-0.15, -0.1) is 0 Å². The van der Waals surface area contributed by atoms with Crippen LogP contribution in [0.5, 0.6) is 0 Å². The second-order valence-corrected chi connectivity index (χ2v) is 4.86. The summed E-state index contributed by atoms with van der Waals surface area (Å²) in [5.74, 6) is 0.0433. The van der Waals surface area contributed by atoms with Gasteiger partial charge in [0, 0.05) is 18.3 Å². The number of allylic oxidation sites excluding steroid dienone is 1. The zero-order valence-corrected chi connectivity index (χ0v) is 11.1. The van der Waals surface area contributed by atoms with Crippen LogP contribution in [0.15, 0.2) is 36.0 Å². The molecule has 0 saturated heterocycles. The van der Waals surface area contributed by atoms with Gasteiger partial charge in [-0.2, -0.15) is 10.4 Å². The first kappa shape index (κ1) is 12.4. The minimum atomic E-state index is 0.0433. The number of nitrogens with zero attached hydrogens (tertiary/aromatic N) is 3. The van der Waals surface area contributed by atoms with E-state index in [9.17, 15) is 4.79 Å². The second-order valence-electron chi connectivity index (χ2n) is 4.86. The fourth-order valence-electron chi connectivity index (χ4n) is 2.53. The third-order valence-electron chi connectivity index (χ3n) is 3.59. The SMILES string of the molecule is Cn1ncc2c1CC/C(=C/c1cccc(C#N)c1)C2=O. The fraction of sp³-hybridized carbons (Fsp3) is 0.188. The first-order valence-electron chi connectivity index (χ1n) is 6.45. The van der Waals surface area contributed by atoms with Crippen LogP contribution in [-0.2, 0) is 13.5 Å². The highest BCUT2D eigenvalue weighted by molar-refractivity contribution is 6.12. The Kier molecular flexibility index (Phi) is 2.96. The van der Waals surface area contributed by atoms with Gasteiger partial charge in [0.1, 0.15) is 0 Å². The first-order chi connectivity index (χ1) is 9.69. The predicted molar refractivity (Wildman–Crippen MR) is 75.0 cm³/mol. The van der Waals surface area contributed by atoms with Gasteiger partial charge in [0.2, 0.25) is 0 Å². The maximum atomic E-state index is 12.4. The van der Waals surface area contributed by atoms with E-state index in [0.29, 0.717) is 17.5 Å². The number of nitriles is 1. The van der Waals surface area contributed by atoms with E-state index in [2.05, 4.69) is 11.2 Å². The van der Waals surface area contributed by atoms with Gasteiger partial charge in [0.05, 0.1) is 23.4 Å². The van der Waals surface area contributed by atoms with Crippen molar-refractivity contribution < 1.29 is 4.79 Å². The van der Waals surface area contributed by atoms with Crippen LogP contribution < -0.4 is 0 Å². The number of benzene rings is 1. The van der Waals surface area contributed by atoms with Gasteiger partial charge in [-0.3, -0.25) is 9.48 Å². The molecule has 0 N–H and O–H groups in total. The smallest absolute Gasteiger partial charge is 0.192 e. The Labute approximate surface area is 117 Å². The third-order valence-corrected chi connectivity index (χ3v) is 3.59. The molecule has 0 aliphatic heterocycles. The number of aromatic nitrogens is 2. The van der Waals surface area contributed by atoms with Crippen molar-refractivity contribution in [3.8, 4) is 6.07 Å². The molecule has 1 heterocycles. The van der Waals surface area contributed by atoms with Crippen LogP contribution >= 0.6 is 0 Å². The summed E-state index contributed by atoms with van der Waals surface area (Å²) in [6.07, 6.45) is 5.04. The van der Waals surface area contributed by atoms with Crippen molar-refractivity contribution in [2.24, 2.45) is 7.05 Å². The highest BCUT2D eigenvalue weighted by Gasteiger charge is 2.24. The Balaban J connectivity index is 1.98. The zero-order chi connectivity index (χ0) is 14.1. The molecule has 0 unspecified atom stereocenters. The number of aryl methyl sites for hydroxylation is 1. The molecule has 0 fully saturated rings. The Morgan fingerprint density at radius 2 is 2.25 bits per heavy atom. The van der Waals surface area contributed by atoms with E-state index in [1.807, 2.05) is 25.3 Å². The van der Waals surface area contributed by atoms with Gasteiger partial charge < -0.3 is 0 Å². The van der Waals surface area contributed by atoms with Crippen molar-refractivity contribution in [3.05, 3.63) is 58.4 Å². The molecule has 4 heteroatoms. The summed E-state index contributed by atoms with van der Waals surface area (Å²) in [5.41, 5.74) is 3.96. The van der Waals surface area contributed by atoms with Crippen LogP contribution in [0.1, 0.15) is 33.6 Å². The number of carbonyl (C=O) groups is 1. The molecule has 4 nitrogen and oxygen atoms in total. The van der Waals surface area contributed by atoms with E-state index in [-0.39, 0.29) is 5.78 Å². The molecule has 98 valence electrons. The van der Waals surface area contributed by atoms with Gasteiger partial charge in [0.25, 0.3) is 0 Å². The number of ketones is 1. The number of fused-ring (bicyclic) bond motifs is 1. The van der Waals surface area contributed by atoms with Gasteiger partial charge in [-0.1, -0.05) is 12.1 Å². The topological polar surface area (TPSA) is 58.7 Å². The predicted octanol–water partition coefficient (Wildman–Crippen LogP) is 2.50. The Bertz CT molecular complexity index is 762. The standard InChI is InChI=1S/C16H13N3O/c1-19-15-6-5-13(16(20)14(15)10-18-19)8-11-3-2-4-12(7-11)9-17/h2-4,7-8,10H,5-6H2,1H3/b13-8-. The van der Waals surface area contributed by atoms with Crippen molar-refractivity contribution in [1.29, 1.82) is 5.26 Å². The van der Waals surface area contributed by atoms with E-state index in [1.165, 1.54) is 0 Å². The average Bonchev–Trinajstić information content (AvgIpc) is 2.84. The first-order valence-corrected chi connectivity index (χ1v) is 6.45. The van der Waals surface area contributed by atoms with E-state index >= 15 is 0 Å². The van der Waals surface area contributed by atoms with Crippen molar-refractivity contribution in [2.75, 3.05) is 0 Å². The molecule has 20 heavy (non-hydrogen) atoms. The molecule has 0 atom stereocenters. The molecule has 0 bridgehead atoms. The van der Waals surface area contributed by atoms with E-state index in [1.54, 1.807) is 23.0 Å². The van der Waals surface area contributed by atoms with Crippen LogP contribution in [0, 0.1) is 11.3 Å². The van der Waals surface area contributed by atoms with Gasteiger partial charge in [0.15, 0.2) is 5.78 Å². The molecule has 1 aliphatic carbocycles. The molecule has 3 rings (SSSR count). The van der Waals surface area contributed by atoms with Crippen molar-refractivity contribution in [3.63, 3.8) is 0 Å². The lowest BCUT2D eigenvalue weighted by molar-refractivity contribution is 0.102. The molecule has 1 aromatic heterocycles. The Hall–Kier alpha value is -2.67.